The number of rotatable bonds is 2. The van der Waals surface area contributed by atoms with Crippen molar-refractivity contribution in [3.63, 3.8) is 0 Å². The van der Waals surface area contributed by atoms with Gasteiger partial charge in [0, 0.05) is 0 Å². The predicted octanol–water partition coefficient (Wildman–Crippen LogP) is 0.496. The maximum atomic E-state index is 10.4. The van der Waals surface area contributed by atoms with Crippen molar-refractivity contribution in [1.82, 2.24) is 0 Å². The summed E-state index contributed by atoms with van der Waals surface area (Å²) in [4.78, 5) is 8.57. The molecule has 1 aromatic rings. The first-order valence-corrected chi connectivity index (χ1v) is 4.61. The van der Waals surface area contributed by atoms with Gasteiger partial charge in [-0.3, -0.25) is 4.57 Å². The Hall–Kier alpha value is 0.370. The van der Waals surface area contributed by atoms with E-state index in [1.165, 1.54) is 0 Å². The Balaban J connectivity index is 0.00000121. The number of aliphatic hydroxyl groups excluding tert-OH is 1. The summed E-state index contributed by atoms with van der Waals surface area (Å²) in [5, 5.41) is 9.08. The summed E-state index contributed by atoms with van der Waals surface area (Å²) in [6.45, 7) is 0. The first-order valence-electron chi connectivity index (χ1n) is 3.17. The summed E-state index contributed by atoms with van der Waals surface area (Å²) >= 11 is 0. The van der Waals surface area contributed by atoms with E-state index < -0.39 is 13.9 Å². The van der Waals surface area contributed by atoms with Gasteiger partial charge in [0.05, 0.1) is 0 Å². The second-order valence-electron chi connectivity index (χ2n) is 2.15. The summed E-state index contributed by atoms with van der Waals surface area (Å²) in [6.07, 6.45) is 0. The molecule has 0 saturated carbocycles. The number of hydrogen-bond acceptors (Lipinski definition) is 2. The molecular formula is C7H10NaO3P. The fraction of sp³-hybridized carbons (Fsp3) is 0.143. The van der Waals surface area contributed by atoms with Crippen LogP contribution < -0.4 is 0 Å². The second-order valence-corrected chi connectivity index (χ2v) is 3.37. The van der Waals surface area contributed by atoms with Crippen LogP contribution in [0, 0.1) is 0 Å². The Morgan fingerprint density at radius 3 is 2.17 bits per heavy atom. The van der Waals surface area contributed by atoms with Gasteiger partial charge in [-0.25, -0.2) is 0 Å². The molecule has 0 amide bonds. The number of hydrogen-bond donors (Lipinski definition) is 2. The molecule has 62 valence electrons. The molecule has 0 bridgehead atoms. The van der Waals surface area contributed by atoms with Crippen LogP contribution >= 0.6 is 8.03 Å². The molecule has 12 heavy (non-hydrogen) atoms. The molecular weight excluding hydrogens is 186 g/mol. The molecule has 0 spiro atoms. The quantitative estimate of drug-likeness (QED) is 0.534. The van der Waals surface area contributed by atoms with E-state index in [-0.39, 0.29) is 29.6 Å². The molecule has 2 N–H and O–H groups in total. The van der Waals surface area contributed by atoms with Gasteiger partial charge in [0.15, 0.2) is 5.85 Å². The Bertz CT molecular complexity index is 252. The van der Waals surface area contributed by atoms with Crippen molar-refractivity contribution in [2.45, 2.75) is 5.85 Å². The van der Waals surface area contributed by atoms with Crippen molar-refractivity contribution in [2.24, 2.45) is 0 Å². The van der Waals surface area contributed by atoms with Crippen LogP contribution in [0.2, 0.25) is 0 Å². The van der Waals surface area contributed by atoms with Gasteiger partial charge in [-0.05, 0) is 5.56 Å². The van der Waals surface area contributed by atoms with Gasteiger partial charge in [-0.1, -0.05) is 30.3 Å². The van der Waals surface area contributed by atoms with E-state index in [9.17, 15) is 4.57 Å². The Morgan fingerprint density at radius 2 is 1.75 bits per heavy atom. The van der Waals surface area contributed by atoms with Crippen molar-refractivity contribution in [3.8, 4) is 0 Å². The summed E-state index contributed by atoms with van der Waals surface area (Å²) < 4.78 is 10.4. The molecule has 2 unspecified atom stereocenters. The standard InChI is InChI=1S/C7H9O3P.Na.H/c8-7(11(9)10)6-4-2-1-3-5-6;;/h1-5,7-8,11H,(H,9,10);;. The average Bonchev–Trinajstić information content (AvgIpc) is 2.05. The van der Waals surface area contributed by atoms with E-state index in [1.807, 2.05) is 0 Å². The molecule has 0 aliphatic heterocycles. The minimum absolute atomic E-state index is 0. The first-order chi connectivity index (χ1) is 5.22. The van der Waals surface area contributed by atoms with E-state index in [0.29, 0.717) is 5.56 Å². The molecule has 2 atom stereocenters. The fourth-order valence-corrected chi connectivity index (χ4v) is 1.26. The molecule has 3 nitrogen and oxygen atoms in total. The predicted molar refractivity (Wildman–Crippen MR) is 49.8 cm³/mol. The number of aliphatic hydroxyl groups is 1. The van der Waals surface area contributed by atoms with Crippen LogP contribution in [0.25, 0.3) is 0 Å². The van der Waals surface area contributed by atoms with Crippen molar-refractivity contribution >= 4 is 37.6 Å². The summed E-state index contributed by atoms with van der Waals surface area (Å²) in [5.41, 5.74) is 0.485. The first kappa shape index (κ1) is 12.4. The third-order valence-electron chi connectivity index (χ3n) is 1.35. The molecule has 5 heteroatoms. The SMILES string of the molecule is O=[PH](O)C(O)c1ccccc1.[NaH]. The van der Waals surface area contributed by atoms with Crippen LogP contribution in [0.15, 0.2) is 30.3 Å². The van der Waals surface area contributed by atoms with E-state index in [4.69, 9.17) is 10.00 Å². The molecule has 1 aromatic carbocycles. The molecule has 0 aliphatic rings. The molecule has 0 radical (unpaired) electrons. The van der Waals surface area contributed by atoms with Gasteiger partial charge >= 0.3 is 29.6 Å². The van der Waals surface area contributed by atoms with Crippen LogP contribution in [0.1, 0.15) is 11.4 Å². The van der Waals surface area contributed by atoms with Gasteiger partial charge in [0.1, 0.15) is 0 Å². The molecule has 0 heterocycles. The fourth-order valence-electron chi connectivity index (χ4n) is 0.778. The van der Waals surface area contributed by atoms with Crippen LogP contribution in [0.3, 0.4) is 0 Å². The van der Waals surface area contributed by atoms with E-state index in [0.717, 1.165) is 0 Å². The molecule has 0 saturated heterocycles. The van der Waals surface area contributed by atoms with Gasteiger partial charge in [-0.2, -0.15) is 0 Å². The van der Waals surface area contributed by atoms with Gasteiger partial charge in [0.2, 0.25) is 8.03 Å². The summed E-state index contributed by atoms with van der Waals surface area (Å²) in [6, 6.07) is 8.43. The summed E-state index contributed by atoms with van der Waals surface area (Å²) in [7, 11) is -2.86. The Morgan fingerprint density at radius 1 is 1.25 bits per heavy atom. The van der Waals surface area contributed by atoms with Crippen LogP contribution in [0.4, 0.5) is 0 Å². The summed E-state index contributed by atoms with van der Waals surface area (Å²) in [5.74, 6) is -1.22. The van der Waals surface area contributed by atoms with Gasteiger partial charge in [0.25, 0.3) is 0 Å². The zero-order valence-electron chi connectivity index (χ0n) is 5.77. The molecule has 0 aliphatic carbocycles. The van der Waals surface area contributed by atoms with Crippen molar-refractivity contribution in [3.05, 3.63) is 35.9 Å². The normalized spacial score (nSPS) is 14.5. The van der Waals surface area contributed by atoms with E-state index in [1.54, 1.807) is 30.3 Å². The van der Waals surface area contributed by atoms with Crippen LogP contribution in [-0.2, 0) is 4.57 Å². The third kappa shape index (κ3) is 3.40. The molecule has 0 aromatic heterocycles. The van der Waals surface area contributed by atoms with E-state index >= 15 is 0 Å². The topological polar surface area (TPSA) is 57.5 Å². The zero-order chi connectivity index (χ0) is 8.27. The van der Waals surface area contributed by atoms with E-state index in [2.05, 4.69) is 0 Å². The maximum absolute atomic E-state index is 10.4. The third-order valence-corrected chi connectivity index (χ3v) is 2.15. The van der Waals surface area contributed by atoms with Crippen molar-refractivity contribution in [2.75, 3.05) is 0 Å². The average molecular weight is 196 g/mol. The zero-order valence-corrected chi connectivity index (χ0v) is 6.77. The Labute approximate surface area is 93.6 Å². The van der Waals surface area contributed by atoms with Gasteiger partial charge < -0.3 is 10.00 Å². The van der Waals surface area contributed by atoms with Crippen molar-refractivity contribution in [1.29, 1.82) is 0 Å². The number of benzene rings is 1. The molecule has 1 rings (SSSR count). The van der Waals surface area contributed by atoms with Crippen LogP contribution in [0.5, 0.6) is 0 Å². The Kier molecular flexibility index (Phi) is 6.10. The minimum atomic E-state index is -2.86. The monoisotopic (exact) mass is 196 g/mol. The van der Waals surface area contributed by atoms with Crippen molar-refractivity contribution < 1.29 is 14.6 Å². The molecule has 0 fully saturated rings. The van der Waals surface area contributed by atoms with Gasteiger partial charge in [-0.15, -0.1) is 0 Å². The van der Waals surface area contributed by atoms with Crippen LogP contribution in [-0.4, -0.2) is 39.6 Å². The second kappa shape index (κ2) is 5.92.